The van der Waals surface area contributed by atoms with Gasteiger partial charge < -0.3 is 0 Å². The lowest BCUT2D eigenvalue weighted by molar-refractivity contribution is 0.560. The topological polar surface area (TPSA) is 0 Å². The first-order valence-corrected chi connectivity index (χ1v) is 11.4. The quantitative estimate of drug-likeness (QED) is 0.372. The molecule has 0 saturated carbocycles. The molecule has 0 aromatic heterocycles. The molecule has 0 heterocycles. The Morgan fingerprint density at radius 3 is 2.08 bits per heavy atom. The van der Waals surface area contributed by atoms with E-state index in [9.17, 15) is 0 Å². The lowest BCUT2D eigenvalue weighted by Gasteiger charge is -2.14. The fraction of sp³-hybridized carbons (Fsp3) is 0.583. The van der Waals surface area contributed by atoms with Crippen LogP contribution >= 0.6 is 23.2 Å². The Bertz CT molecular complexity index is 735. The van der Waals surface area contributed by atoms with Gasteiger partial charge in [0, 0.05) is 11.8 Å². The van der Waals surface area contributed by atoms with Crippen molar-refractivity contribution in [3.8, 4) is 0 Å². The van der Waals surface area contributed by atoms with Gasteiger partial charge in [-0.15, -0.1) is 23.2 Å². The van der Waals surface area contributed by atoms with Gasteiger partial charge in [-0.05, 0) is 96.2 Å². The second-order valence-corrected chi connectivity index (χ2v) is 8.93. The number of hydrogen-bond acceptors (Lipinski definition) is 0. The van der Waals surface area contributed by atoms with Crippen molar-refractivity contribution in [3.05, 3.63) is 46.5 Å². The third-order valence-electron chi connectivity index (χ3n) is 6.02. The van der Waals surface area contributed by atoms with Crippen LogP contribution in [0, 0.1) is 11.8 Å². The molecule has 0 spiro atoms. The molecule has 2 aromatic carbocycles. The van der Waals surface area contributed by atoms with Crippen molar-refractivity contribution >= 4 is 34.0 Å². The molecule has 142 valence electrons. The van der Waals surface area contributed by atoms with Crippen molar-refractivity contribution < 1.29 is 0 Å². The molecule has 0 aliphatic heterocycles. The van der Waals surface area contributed by atoms with Crippen LogP contribution in [0.2, 0.25) is 0 Å². The van der Waals surface area contributed by atoms with E-state index in [0.29, 0.717) is 11.8 Å². The Morgan fingerprint density at radius 1 is 0.808 bits per heavy atom. The van der Waals surface area contributed by atoms with E-state index in [1.165, 1.54) is 62.3 Å². The summed E-state index contributed by atoms with van der Waals surface area (Å²) in [5, 5.41) is 3.09. The first kappa shape index (κ1) is 20.0. The van der Waals surface area contributed by atoms with Gasteiger partial charge in [0.1, 0.15) is 0 Å². The van der Waals surface area contributed by atoms with Crippen LogP contribution in [0.25, 0.3) is 10.8 Å². The predicted molar refractivity (Wildman–Crippen MR) is 117 cm³/mol. The van der Waals surface area contributed by atoms with Gasteiger partial charge in [-0.2, -0.15) is 0 Å². The van der Waals surface area contributed by atoms with Gasteiger partial charge in [0.05, 0.1) is 0 Å². The summed E-state index contributed by atoms with van der Waals surface area (Å²) in [5.41, 5.74) is 6.29. The molecule has 3 rings (SSSR count). The van der Waals surface area contributed by atoms with Crippen molar-refractivity contribution in [1.29, 1.82) is 0 Å². The first-order valence-electron chi connectivity index (χ1n) is 10.3. The zero-order chi connectivity index (χ0) is 18.5. The number of rotatable bonds is 10. The number of aryl methyl sites for hydroxylation is 4. The zero-order valence-electron chi connectivity index (χ0n) is 16.3. The molecule has 0 bridgehead atoms. The molecule has 0 fully saturated rings. The summed E-state index contributed by atoms with van der Waals surface area (Å²) in [6.45, 7) is 4.50. The molecule has 1 aliphatic carbocycles. The molecule has 2 unspecified atom stereocenters. The van der Waals surface area contributed by atoms with Gasteiger partial charge in [0.15, 0.2) is 0 Å². The van der Waals surface area contributed by atoms with E-state index in [1.54, 1.807) is 22.1 Å². The van der Waals surface area contributed by atoms with Gasteiger partial charge in [0.2, 0.25) is 0 Å². The number of alkyl halides is 2. The maximum atomic E-state index is 5.96. The first-order chi connectivity index (χ1) is 12.6. The Morgan fingerprint density at radius 2 is 1.42 bits per heavy atom. The Kier molecular flexibility index (Phi) is 7.29. The smallest absolute Gasteiger partial charge is 0.0249 e. The highest BCUT2D eigenvalue weighted by Crippen LogP contribution is 2.36. The standard InChI is InChI=1S/C24H32Cl2/c1-17(15-25)5-3-7-19-9-10-21-12-14-23-20(8-4-6-18(2)16-26)11-13-22(19)24(21)23/h9-11,13,17-18H,3-8,12,14-16H2,1-2H3. The highest BCUT2D eigenvalue weighted by Gasteiger charge is 2.19. The molecule has 0 radical (unpaired) electrons. The summed E-state index contributed by atoms with van der Waals surface area (Å²) >= 11 is 11.9. The second-order valence-electron chi connectivity index (χ2n) is 8.31. The van der Waals surface area contributed by atoms with E-state index in [0.717, 1.165) is 11.8 Å². The van der Waals surface area contributed by atoms with Gasteiger partial charge in [-0.1, -0.05) is 38.1 Å². The Balaban J connectivity index is 1.77. The molecule has 2 atom stereocenters. The molecule has 2 aromatic rings. The SMILES string of the molecule is CC(CCl)CCCc1ccc2c(CCCC(C)CCl)ccc3c2c1CC3. The molecule has 0 N–H and O–H groups in total. The Hall–Kier alpha value is -0.720. The summed E-state index contributed by atoms with van der Waals surface area (Å²) in [4.78, 5) is 0. The zero-order valence-corrected chi connectivity index (χ0v) is 17.8. The number of hydrogen-bond donors (Lipinski definition) is 0. The molecule has 26 heavy (non-hydrogen) atoms. The summed E-state index contributed by atoms with van der Waals surface area (Å²) in [7, 11) is 0. The second kappa shape index (κ2) is 9.47. The number of halogens is 2. The number of benzene rings is 2. The Labute approximate surface area is 169 Å². The summed E-state index contributed by atoms with van der Waals surface area (Å²) in [5.74, 6) is 2.80. The minimum absolute atomic E-state index is 0.621. The van der Waals surface area contributed by atoms with Crippen LogP contribution in [0.5, 0.6) is 0 Å². The average molecular weight is 391 g/mol. The predicted octanol–water partition coefficient (Wildman–Crippen LogP) is 7.33. The molecule has 0 nitrogen and oxygen atoms in total. The normalized spacial score (nSPS) is 15.5. The third-order valence-corrected chi connectivity index (χ3v) is 7.07. The maximum Gasteiger partial charge on any atom is 0.0249 e. The van der Waals surface area contributed by atoms with E-state index in [4.69, 9.17) is 23.2 Å². The van der Waals surface area contributed by atoms with Crippen molar-refractivity contribution in [2.24, 2.45) is 11.8 Å². The van der Waals surface area contributed by atoms with Crippen LogP contribution in [0.15, 0.2) is 24.3 Å². The van der Waals surface area contributed by atoms with E-state index >= 15 is 0 Å². The maximum absolute atomic E-state index is 5.96. The van der Waals surface area contributed by atoms with E-state index in [2.05, 4.69) is 38.1 Å². The van der Waals surface area contributed by atoms with Crippen LogP contribution in [-0.4, -0.2) is 11.8 Å². The van der Waals surface area contributed by atoms with E-state index in [1.807, 2.05) is 0 Å². The van der Waals surface area contributed by atoms with E-state index < -0.39 is 0 Å². The van der Waals surface area contributed by atoms with Crippen molar-refractivity contribution in [3.63, 3.8) is 0 Å². The molecule has 2 heteroatoms. The van der Waals surface area contributed by atoms with Crippen LogP contribution in [0.4, 0.5) is 0 Å². The van der Waals surface area contributed by atoms with Gasteiger partial charge in [0.25, 0.3) is 0 Å². The molecular weight excluding hydrogens is 359 g/mol. The van der Waals surface area contributed by atoms with Crippen LogP contribution in [-0.2, 0) is 25.7 Å². The van der Waals surface area contributed by atoms with Gasteiger partial charge in [-0.25, -0.2) is 0 Å². The van der Waals surface area contributed by atoms with Crippen molar-refractivity contribution in [1.82, 2.24) is 0 Å². The minimum Gasteiger partial charge on any atom is -0.126 e. The lowest BCUT2D eigenvalue weighted by atomic mass is 9.91. The van der Waals surface area contributed by atoms with Crippen molar-refractivity contribution in [2.75, 3.05) is 11.8 Å². The molecule has 1 aliphatic rings. The van der Waals surface area contributed by atoms with Crippen LogP contribution in [0.1, 0.15) is 61.8 Å². The molecular formula is C24H32Cl2. The summed E-state index contributed by atoms with van der Waals surface area (Å²) in [6.07, 6.45) is 9.73. The monoisotopic (exact) mass is 390 g/mol. The van der Waals surface area contributed by atoms with Crippen LogP contribution in [0.3, 0.4) is 0 Å². The van der Waals surface area contributed by atoms with E-state index in [-0.39, 0.29) is 0 Å². The fourth-order valence-corrected chi connectivity index (χ4v) is 4.65. The lowest BCUT2D eigenvalue weighted by Crippen LogP contribution is -2.00. The summed E-state index contributed by atoms with van der Waals surface area (Å²) in [6, 6.07) is 9.57. The fourth-order valence-electron chi connectivity index (χ4n) is 4.34. The van der Waals surface area contributed by atoms with Crippen molar-refractivity contribution in [2.45, 2.75) is 65.2 Å². The average Bonchev–Trinajstić information content (AvgIpc) is 3.10. The highest BCUT2D eigenvalue weighted by molar-refractivity contribution is 6.18. The highest BCUT2D eigenvalue weighted by atomic mass is 35.5. The summed E-state index contributed by atoms with van der Waals surface area (Å²) < 4.78 is 0. The van der Waals surface area contributed by atoms with Gasteiger partial charge in [-0.3, -0.25) is 0 Å². The largest absolute Gasteiger partial charge is 0.126 e. The molecule has 0 amide bonds. The van der Waals surface area contributed by atoms with Crippen LogP contribution < -0.4 is 0 Å². The minimum atomic E-state index is 0.621. The molecule has 0 saturated heterocycles. The third kappa shape index (κ3) is 4.57. The van der Waals surface area contributed by atoms with Gasteiger partial charge >= 0.3 is 0 Å².